The van der Waals surface area contributed by atoms with Gasteiger partial charge in [-0.15, -0.1) is 0 Å². The molecular formula is C20H26ClN5O. The van der Waals surface area contributed by atoms with Crippen molar-refractivity contribution in [2.24, 2.45) is 0 Å². The SMILES string of the molecule is C[C@@H]1CN(c2nccnc2Cl)CCN1C(=O)Nc1ccc(C(C)(C)C)cc1. The number of halogens is 1. The zero-order valence-electron chi connectivity index (χ0n) is 16.2. The summed E-state index contributed by atoms with van der Waals surface area (Å²) in [6.45, 7) is 10.5. The molecule has 1 aromatic carbocycles. The molecule has 0 spiro atoms. The molecule has 1 fully saturated rings. The van der Waals surface area contributed by atoms with Crippen LogP contribution in [0.25, 0.3) is 0 Å². The van der Waals surface area contributed by atoms with E-state index in [1.54, 1.807) is 12.4 Å². The molecule has 144 valence electrons. The fourth-order valence-electron chi connectivity index (χ4n) is 3.23. The molecule has 2 aromatic rings. The second-order valence-electron chi connectivity index (χ2n) is 7.92. The van der Waals surface area contributed by atoms with Gasteiger partial charge >= 0.3 is 6.03 Å². The molecule has 0 aliphatic carbocycles. The Kier molecular flexibility index (Phi) is 5.56. The van der Waals surface area contributed by atoms with E-state index in [0.717, 1.165) is 5.69 Å². The van der Waals surface area contributed by atoms with Crippen molar-refractivity contribution in [1.82, 2.24) is 14.9 Å². The summed E-state index contributed by atoms with van der Waals surface area (Å²) in [6, 6.07) is 7.99. The van der Waals surface area contributed by atoms with Gasteiger partial charge in [-0.3, -0.25) is 0 Å². The van der Waals surface area contributed by atoms with E-state index >= 15 is 0 Å². The summed E-state index contributed by atoms with van der Waals surface area (Å²) in [5.41, 5.74) is 2.14. The highest BCUT2D eigenvalue weighted by molar-refractivity contribution is 6.31. The molecule has 1 aliphatic heterocycles. The van der Waals surface area contributed by atoms with E-state index in [2.05, 4.69) is 53.1 Å². The van der Waals surface area contributed by atoms with Crippen LogP contribution in [0.2, 0.25) is 5.15 Å². The van der Waals surface area contributed by atoms with Crippen LogP contribution in [0.15, 0.2) is 36.7 Å². The molecule has 0 bridgehead atoms. The lowest BCUT2D eigenvalue weighted by atomic mass is 9.87. The van der Waals surface area contributed by atoms with Gasteiger partial charge in [0.25, 0.3) is 0 Å². The smallest absolute Gasteiger partial charge is 0.322 e. The molecule has 1 N–H and O–H groups in total. The maximum atomic E-state index is 12.7. The summed E-state index contributed by atoms with van der Waals surface area (Å²) in [6.07, 6.45) is 3.20. The third kappa shape index (κ3) is 4.50. The molecule has 2 heterocycles. The van der Waals surface area contributed by atoms with Crippen LogP contribution in [0.4, 0.5) is 16.3 Å². The number of anilines is 2. The van der Waals surface area contributed by atoms with Crippen molar-refractivity contribution in [3.63, 3.8) is 0 Å². The van der Waals surface area contributed by atoms with Crippen molar-refractivity contribution in [1.29, 1.82) is 0 Å². The Morgan fingerprint density at radius 2 is 1.81 bits per heavy atom. The van der Waals surface area contributed by atoms with Gasteiger partial charge in [0.15, 0.2) is 11.0 Å². The molecule has 0 saturated carbocycles. The van der Waals surface area contributed by atoms with Gasteiger partial charge in [0, 0.05) is 43.8 Å². The Bertz CT molecular complexity index is 803. The normalized spacial score (nSPS) is 17.7. The highest BCUT2D eigenvalue weighted by Gasteiger charge is 2.29. The van der Waals surface area contributed by atoms with Crippen molar-refractivity contribution in [2.45, 2.75) is 39.2 Å². The van der Waals surface area contributed by atoms with Gasteiger partial charge in [-0.05, 0) is 30.0 Å². The highest BCUT2D eigenvalue weighted by Crippen LogP contribution is 2.25. The van der Waals surface area contributed by atoms with Crippen LogP contribution in [0.5, 0.6) is 0 Å². The number of benzene rings is 1. The van der Waals surface area contributed by atoms with Crippen molar-refractivity contribution in [3.05, 3.63) is 47.4 Å². The first-order chi connectivity index (χ1) is 12.8. The lowest BCUT2D eigenvalue weighted by Gasteiger charge is -2.40. The Labute approximate surface area is 165 Å². The van der Waals surface area contributed by atoms with Gasteiger partial charge in [0.1, 0.15) is 0 Å². The number of aromatic nitrogens is 2. The molecule has 6 nitrogen and oxygen atoms in total. The Hall–Kier alpha value is -2.34. The van der Waals surface area contributed by atoms with Crippen molar-refractivity contribution >= 4 is 29.1 Å². The minimum Gasteiger partial charge on any atom is -0.350 e. The number of nitrogens with one attached hydrogen (secondary N) is 1. The molecule has 1 atom stereocenters. The van der Waals surface area contributed by atoms with E-state index in [4.69, 9.17) is 11.6 Å². The Morgan fingerprint density at radius 1 is 1.15 bits per heavy atom. The largest absolute Gasteiger partial charge is 0.350 e. The third-order valence-corrected chi connectivity index (χ3v) is 5.09. The van der Waals surface area contributed by atoms with Crippen molar-refractivity contribution < 1.29 is 4.79 Å². The zero-order chi connectivity index (χ0) is 19.6. The van der Waals surface area contributed by atoms with Gasteiger partial charge in [-0.1, -0.05) is 44.5 Å². The minimum atomic E-state index is -0.0871. The summed E-state index contributed by atoms with van der Waals surface area (Å²) >= 11 is 6.15. The van der Waals surface area contributed by atoms with Crippen LogP contribution >= 0.6 is 11.6 Å². The van der Waals surface area contributed by atoms with E-state index in [-0.39, 0.29) is 17.5 Å². The van der Waals surface area contributed by atoms with E-state index in [1.807, 2.05) is 24.0 Å². The van der Waals surface area contributed by atoms with Gasteiger partial charge < -0.3 is 15.1 Å². The van der Waals surface area contributed by atoms with Crippen LogP contribution in [-0.2, 0) is 5.41 Å². The van der Waals surface area contributed by atoms with Crippen LogP contribution in [0.3, 0.4) is 0 Å². The average molecular weight is 388 g/mol. The summed E-state index contributed by atoms with van der Waals surface area (Å²) in [5, 5.41) is 3.39. The molecule has 1 aromatic heterocycles. The number of piperazine rings is 1. The van der Waals surface area contributed by atoms with E-state index in [0.29, 0.717) is 30.6 Å². The number of hydrogen-bond donors (Lipinski definition) is 1. The molecule has 3 rings (SSSR count). The van der Waals surface area contributed by atoms with Crippen LogP contribution in [-0.4, -0.2) is 46.6 Å². The molecular weight excluding hydrogens is 362 g/mol. The maximum Gasteiger partial charge on any atom is 0.322 e. The molecule has 7 heteroatoms. The second-order valence-corrected chi connectivity index (χ2v) is 8.27. The Balaban J connectivity index is 1.62. The van der Waals surface area contributed by atoms with Gasteiger partial charge in [-0.25, -0.2) is 14.8 Å². The molecule has 0 radical (unpaired) electrons. The van der Waals surface area contributed by atoms with Crippen LogP contribution in [0, 0.1) is 0 Å². The number of hydrogen-bond acceptors (Lipinski definition) is 4. The van der Waals surface area contributed by atoms with Gasteiger partial charge in [-0.2, -0.15) is 0 Å². The van der Waals surface area contributed by atoms with Gasteiger partial charge in [0.2, 0.25) is 0 Å². The minimum absolute atomic E-state index is 0.0330. The summed E-state index contributed by atoms with van der Waals surface area (Å²) in [5.74, 6) is 0.670. The molecule has 27 heavy (non-hydrogen) atoms. The number of nitrogens with zero attached hydrogens (tertiary/aromatic N) is 4. The third-order valence-electron chi connectivity index (χ3n) is 4.83. The summed E-state index contributed by atoms with van der Waals surface area (Å²) in [4.78, 5) is 25.0. The predicted molar refractivity (Wildman–Crippen MR) is 110 cm³/mol. The first-order valence-corrected chi connectivity index (χ1v) is 9.53. The van der Waals surface area contributed by atoms with Crippen LogP contribution < -0.4 is 10.2 Å². The molecule has 1 saturated heterocycles. The fraction of sp³-hybridized carbons (Fsp3) is 0.450. The lowest BCUT2D eigenvalue weighted by Crippen LogP contribution is -2.55. The topological polar surface area (TPSA) is 61.4 Å². The molecule has 2 amide bonds. The quantitative estimate of drug-likeness (QED) is 0.840. The molecule has 1 aliphatic rings. The average Bonchev–Trinajstić information content (AvgIpc) is 2.61. The summed E-state index contributed by atoms with van der Waals surface area (Å²) in [7, 11) is 0. The van der Waals surface area contributed by atoms with E-state index < -0.39 is 0 Å². The van der Waals surface area contributed by atoms with Crippen molar-refractivity contribution in [3.8, 4) is 0 Å². The number of carbonyl (C=O) groups is 1. The Morgan fingerprint density at radius 3 is 2.41 bits per heavy atom. The first kappa shape index (κ1) is 19.4. The number of rotatable bonds is 2. The van der Waals surface area contributed by atoms with Crippen LogP contribution in [0.1, 0.15) is 33.3 Å². The number of urea groups is 1. The summed E-state index contributed by atoms with van der Waals surface area (Å²) < 4.78 is 0. The second kappa shape index (κ2) is 7.72. The highest BCUT2D eigenvalue weighted by atomic mass is 35.5. The maximum absolute atomic E-state index is 12.7. The first-order valence-electron chi connectivity index (χ1n) is 9.15. The number of carbonyl (C=O) groups excluding carboxylic acids is 1. The fourth-order valence-corrected chi connectivity index (χ4v) is 3.45. The predicted octanol–water partition coefficient (Wildman–Crippen LogP) is 4.17. The van der Waals surface area contributed by atoms with E-state index in [1.165, 1.54) is 5.56 Å². The van der Waals surface area contributed by atoms with Gasteiger partial charge in [0.05, 0.1) is 0 Å². The molecule has 0 unspecified atom stereocenters. The lowest BCUT2D eigenvalue weighted by molar-refractivity contribution is 0.184. The number of amides is 2. The monoisotopic (exact) mass is 387 g/mol. The zero-order valence-corrected chi connectivity index (χ0v) is 17.0. The standard InChI is InChI=1S/C20H26ClN5O/c1-14-13-25(18-17(21)22-9-10-23-18)11-12-26(14)19(27)24-16-7-5-15(6-8-16)20(2,3)4/h5-10,14H,11-13H2,1-4H3,(H,24,27)/t14-/m1/s1. The van der Waals surface area contributed by atoms with E-state index in [9.17, 15) is 4.79 Å². The van der Waals surface area contributed by atoms with Crippen molar-refractivity contribution in [2.75, 3.05) is 29.9 Å².